The van der Waals surface area contributed by atoms with E-state index in [0.717, 1.165) is 43.7 Å². The van der Waals surface area contributed by atoms with Crippen LogP contribution in [0.4, 0.5) is 4.39 Å². The average molecular weight is 248 g/mol. The minimum absolute atomic E-state index is 0.106. The van der Waals surface area contributed by atoms with Crippen molar-refractivity contribution in [2.75, 3.05) is 26.2 Å². The van der Waals surface area contributed by atoms with Crippen molar-refractivity contribution in [2.24, 2.45) is 0 Å². The molecule has 1 aromatic rings. The Morgan fingerprint density at radius 2 is 2.17 bits per heavy atom. The first kappa shape index (κ1) is 13.2. The lowest BCUT2D eigenvalue weighted by molar-refractivity contribution is 0.171. The van der Waals surface area contributed by atoms with E-state index in [1.165, 1.54) is 0 Å². The monoisotopic (exact) mass is 248 g/mol. The summed E-state index contributed by atoms with van der Waals surface area (Å²) >= 11 is 0. The van der Waals surface area contributed by atoms with Gasteiger partial charge in [-0.15, -0.1) is 6.58 Å². The Bertz CT molecular complexity index is 411. The van der Waals surface area contributed by atoms with Crippen molar-refractivity contribution < 1.29 is 4.39 Å². The minimum Gasteiger partial charge on any atom is -0.314 e. The van der Waals surface area contributed by atoms with E-state index < -0.39 is 0 Å². The molecule has 0 saturated carbocycles. The van der Waals surface area contributed by atoms with Gasteiger partial charge in [0.25, 0.3) is 0 Å². The zero-order valence-electron chi connectivity index (χ0n) is 11.0. The summed E-state index contributed by atoms with van der Waals surface area (Å²) in [5.74, 6) is -0.106. The number of halogens is 1. The maximum Gasteiger partial charge on any atom is 0.128 e. The molecular formula is C15H21FN2. The molecule has 1 N–H and O–H groups in total. The molecular weight excluding hydrogens is 227 g/mol. The van der Waals surface area contributed by atoms with Gasteiger partial charge in [0.05, 0.1) is 0 Å². The van der Waals surface area contributed by atoms with Crippen molar-refractivity contribution in [2.45, 2.75) is 19.4 Å². The predicted octanol–water partition coefficient (Wildman–Crippen LogP) is 2.66. The Hall–Kier alpha value is -1.19. The van der Waals surface area contributed by atoms with E-state index in [2.05, 4.69) is 16.8 Å². The van der Waals surface area contributed by atoms with E-state index in [1.807, 2.05) is 25.1 Å². The Labute approximate surface area is 108 Å². The summed E-state index contributed by atoms with van der Waals surface area (Å²) in [6, 6.07) is 5.47. The number of hydrogen-bond acceptors (Lipinski definition) is 2. The Kier molecular flexibility index (Phi) is 4.50. The molecule has 1 atom stereocenters. The highest BCUT2D eigenvalue weighted by Gasteiger charge is 2.23. The van der Waals surface area contributed by atoms with Crippen molar-refractivity contribution in [1.29, 1.82) is 0 Å². The fourth-order valence-corrected chi connectivity index (χ4v) is 2.54. The van der Waals surface area contributed by atoms with E-state index >= 15 is 0 Å². The first-order valence-corrected chi connectivity index (χ1v) is 6.54. The van der Waals surface area contributed by atoms with Crippen LogP contribution >= 0.6 is 0 Å². The molecule has 1 aliphatic rings. The van der Waals surface area contributed by atoms with Crippen LogP contribution in [0.25, 0.3) is 0 Å². The molecule has 1 fully saturated rings. The largest absolute Gasteiger partial charge is 0.314 e. The van der Waals surface area contributed by atoms with Gasteiger partial charge in [-0.2, -0.15) is 0 Å². The highest BCUT2D eigenvalue weighted by Crippen LogP contribution is 2.28. The molecule has 0 spiro atoms. The second-order valence-corrected chi connectivity index (χ2v) is 4.85. The zero-order chi connectivity index (χ0) is 13.0. The molecule has 18 heavy (non-hydrogen) atoms. The first-order valence-electron chi connectivity index (χ1n) is 6.54. The summed E-state index contributed by atoms with van der Waals surface area (Å²) in [4.78, 5) is 2.34. The molecule has 0 bridgehead atoms. The summed E-state index contributed by atoms with van der Waals surface area (Å²) in [6.45, 7) is 9.69. The number of piperazine rings is 1. The summed E-state index contributed by atoms with van der Waals surface area (Å²) in [5, 5.41) is 3.33. The standard InChI is InChI=1S/C15H21FN2/c1-3-4-15(18-9-7-17-8-10-18)13-11-12(2)5-6-14(13)16/h3,5-6,11,15,17H,1,4,7-10H2,2H3/t15-/m1/s1. The molecule has 1 heterocycles. The van der Waals surface area contributed by atoms with Gasteiger partial charge >= 0.3 is 0 Å². The Morgan fingerprint density at radius 1 is 1.44 bits per heavy atom. The third kappa shape index (κ3) is 2.98. The van der Waals surface area contributed by atoms with Gasteiger partial charge in [0, 0.05) is 37.8 Å². The van der Waals surface area contributed by atoms with Crippen LogP contribution in [0, 0.1) is 12.7 Å². The van der Waals surface area contributed by atoms with Crippen LogP contribution in [0.15, 0.2) is 30.9 Å². The molecule has 0 radical (unpaired) electrons. The Morgan fingerprint density at radius 3 is 2.83 bits per heavy atom. The first-order chi connectivity index (χ1) is 8.72. The quantitative estimate of drug-likeness (QED) is 0.824. The van der Waals surface area contributed by atoms with E-state index in [-0.39, 0.29) is 11.9 Å². The van der Waals surface area contributed by atoms with Crippen LogP contribution < -0.4 is 5.32 Å². The molecule has 1 saturated heterocycles. The second-order valence-electron chi connectivity index (χ2n) is 4.85. The molecule has 1 aromatic carbocycles. The molecule has 0 unspecified atom stereocenters. The highest BCUT2D eigenvalue weighted by molar-refractivity contribution is 5.27. The van der Waals surface area contributed by atoms with Crippen LogP contribution in [0.3, 0.4) is 0 Å². The highest BCUT2D eigenvalue weighted by atomic mass is 19.1. The number of nitrogens with one attached hydrogen (secondary N) is 1. The lowest BCUT2D eigenvalue weighted by atomic mass is 9.98. The SMILES string of the molecule is C=CC[C@H](c1cc(C)ccc1F)N1CCNCC1. The van der Waals surface area contributed by atoms with Crippen LogP contribution in [-0.4, -0.2) is 31.1 Å². The molecule has 3 heteroatoms. The number of benzene rings is 1. The molecule has 0 amide bonds. The molecule has 1 aliphatic heterocycles. The van der Waals surface area contributed by atoms with E-state index in [0.29, 0.717) is 0 Å². The molecule has 0 aliphatic carbocycles. The van der Waals surface area contributed by atoms with Gasteiger partial charge in [-0.05, 0) is 19.4 Å². The van der Waals surface area contributed by atoms with Crippen molar-refractivity contribution in [1.82, 2.24) is 10.2 Å². The number of rotatable bonds is 4. The van der Waals surface area contributed by atoms with Crippen LogP contribution in [0.5, 0.6) is 0 Å². The van der Waals surface area contributed by atoms with Gasteiger partial charge < -0.3 is 5.32 Å². The van der Waals surface area contributed by atoms with Crippen molar-refractivity contribution in [3.05, 3.63) is 47.8 Å². The third-order valence-corrected chi connectivity index (χ3v) is 3.49. The predicted molar refractivity (Wildman–Crippen MR) is 73.1 cm³/mol. The minimum atomic E-state index is -0.106. The van der Waals surface area contributed by atoms with Crippen molar-refractivity contribution in [3.63, 3.8) is 0 Å². The van der Waals surface area contributed by atoms with Gasteiger partial charge in [0.15, 0.2) is 0 Å². The van der Waals surface area contributed by atoms with Gasteiger partial charge in [0.2, 0.25) is 0 Å². The van der Waals surface area contributed by atoms with E-state index in [1.54, 1.807) is 6.07 Å². The van der Waals surface area contributed by atoms with Crippen LogP contribution in [0.1, 0.15) is 23.6 Å². The second kappa shape index (κ2) is 6.12. The van der Waals surface area contributed by atoms with Crippen LogP contribution in [0.2, 0.25) is 0 Å². The summed E-state index contributed by atoms with van der Waals surface area (Å²) < 4.78 is 14.0. The van der Waals surface area contributed by atoms with E-state index in [9.17, 15) is 4.39 Å². The van der Waals surface area contributed by atoms with Crippen molar-refractivity contribution in [3.8, 4) is 0 Å². The molecule has 2 rings (SSSR count). The Balaban J connectivity index is 2.27. The lowest BCUT2D eigenvalue weighted by Gasteiger charge is -2.35. The van der Waals surface area contributed by atoms with E-state index in [4.69, 9.17) is 0 Å². The summed E-state index contributed by atoms with van der Waals surface area (Å²) in [6.07, 6.45) is 2.68. The summed E-state index contributed by atoms with van der Waals surface area (Å²) in [7, 11) is 0. The van der Waals surface area contributed by atoms with Gasteiger partial charge in [-0.25, -0.2) is 4.39 Å². The fourth-order valence-electron chi connectivity index (χ4n) is 2.54. The zero-order valence-corrected chi connectivity index (χ0v) is 11.0. The smallest absolute Gasteiger partial charge is 0.128 e. The number of aryl methyl sites for hydroxylation is 1. The van der Waals surface area contributed by atoms with Crippen molar-refractivity contribution >= 4 is 0 Å². The topological polar surface area (TPSA) is 15.3 Å². The molecule has 0 aromatic heterocycles. The maximum atomic E-state index is 14.0. The normalized spacial score (nSPS) is 18.6. The molecule has 2 nitrogen and oxygen atoms in total. The number of hydrogen-bond donors (Lipinski definition) is 1. The fraction of sp³-hybridized carbons (Fsp3) is 0.467. The average Bonchev–Trinajstić information content (AvgIpc) is 2.40. The summed E-state index contributed by atoms with van der Waals surface area (Å²) in [5.41, 5.74) is 1.91. The van der Waals surface area contributed by atoms with Gasteiger partial charge in [-0.1, -0.05) is 23.8 Å². The lowest BCUT2D eigenvalue weighted by Crippen LogP contribution is -2.45. The number of nitrogens with zero attached hydrogens (tertiary/aromatic N) is 1. The molecule has 98 valence electrons. The maximum absolute atomic E-state index is 14.0. The van der Waals surface area contributed by atoms with Gasteiger partial charge in [0.1, 0.15) is 5.82 Å². The van der Waals surface area contributed by atoms with Crippen LogP contribution in [-0.2, 0) is 0 Å². The van der Waals surface area contributed by atoms with Gasteiger partial charge in [-0.3, -0.25) is 4.90 Å². The third-order valence-electron chi connectivity index (χ3n) is 3.49.